The van der Waals surface area contributed by atoms with Gasteiger partial charge in [-0.25, -0.2) is 4.39 Å². The summed E-state index contributed by atoms with van der Waals surface area (Å²) in [5.41, 5.74) is 2.03. The van der Waals surface area contributed by atoms with E-state index in [2.05, 4.69) is 37.2 Å². The molecule has 0 aromatic heterocycles. The van der Waals surface area contributed by atoms with Gasteiger partial charge in [-0.1, -0.05) is 56.1 Å². The number of hydrogen-bond acceptors (Lipinski definition) is 3. The van der Waals surface area contributed by atoms with Gasteiger partial charge in [-0.05, 0) is 42.5 Å². The maximum Gasteiger partial charge on any atom is 0.279 e. The summed E-state index contributed by atoms with van der Waals surface area (Å²) < 4.78 is 15.5. The van der Waals surface area contributed by atoms with E-state index in [4.69, 9.17) is 0 Å². The highest BCUT2D eigenvalue weighted by molar-refractivity contribution is 9.10. The number of nitrogens with one attached hydrogen (secondary N) is 2. The third-order valence-electron chi connectivity index (χ3n) is 5.69. The van der Waals surface area contributed by atoms with Gasteiger partial charge in [-0.2, -0.15) is 0 Å². The smallest absolute Gasteiger partial charge is 0.279 e. The molecule has 0 aliphatic carbocycles. The molecule has 2 N–H and O–H groups in total. The predicted octanol–water partition coefficient (Wildman–Crippen LogP) is 3.93. The Morgan fingerprint density at radius 3 is 2.36 bits per heavy atom. The Balaban J connectivity index is 1.41. The molecule has 3 aromatic carbocycles. The third-order valence-corrected chi connectivity index (χ3v) is 6.88. The SMILES string of the molecule is O=C(C[NH+]1CCN(c2ccccc2F)CC1)Nc1ccc(Br)cc1C(=O)c1ccccc1Br. The van der Waals surface area contributed by atoms with Crippen LogP contribution in [0.25, 0.3) is 0 Å². The normalized spacial score (nSPS) is 14.2. The van der Waals surface area contributed by atoms with E-state index in [1.807, 2.05) is 23.1 Å². The largest absolute Gasteiger partial charge is 0.358 e. The highest BCUT2D eigenvalue weighted by Crippen LogP contribution is 2.27. The Morgan fingerprint density at radius 2 is 1.64 bits per heavy atom. The van der Waals surface area contributed by atoms with Crippen LogP contribution < -0.4 is 15.1 Å². The topological polar surface area (TPSA) is 53.9 Å². The van der Waals surface area contributed by atoms with E-state index in [1.54, 1.807) is 42.5 Å². The van der Waals surface area contributed by atoms with Crippen LogP contribution in [0, 0.1) is 5.82 Å². The van der Waals surface area contributed by atoms with Crippen LogP contribution in [0.2, 0.25) is 0 Å². The zero-order valence-corrected chi connectivity index (χ0v) is 21.0. The summed E-state index contributed by atoms with van der Waals surface area (Å²) >= 11 is 6.85. The molecule has 1 aliphatic heterocycles. The number of piperazine rings is 1. The summed E-state index contributed by atoms with van der Waals surface area (Å²) in [6, 6.07) is 19.2. The van der Waals surface area contributed by atoms with E-state index in [0.29, 0.717) is 40.1 Å². The van der Waals surface area contributed by atoms with Gasteiger partial charge in [0.1, 0.15) is 5.82 Å². The average Bonchev–Trinajstić information content (AvgIpc) is 2.81. The van der Waals surface area contributed by atoms with Gasteiger partial charge in [0, 0.05) is 20.1 Å². The molecule has 0 unspecified atom stereocenters. The number of anilines is 2. The Hall–Kier alpha value is -2.55. The first-order valence-electron chi connectivity index (χ1n) is 10.6. The minimum Gasteiger partial charge on any atom is -0.358 e. The molecule has 3 aromatic rings. The molecule has 0 bridgehead atoms. The lowest BCUT2D eigenvalue weighted by atomic mass is 10.0. The van der Waals surface area contributed by atoms with E-state index in [9.17, 15) is 14.0 Å². The first-order valence-corrected chi connectivity index (χ1v) is 12.2. The second-order valence-electron chi connectivity index (χ2n) is 7.91. The van der Waals surface area contributed by atoms with Crippen molar-refractivity contribution < 1.29 is 18.9 Å². The van der Waals surface area contributed by atoms with E-state index >= 15 is 0 Å². The van der Waals surface area contributed by atoms with E-state index in [0.717, 1.165) is 22.5 Å². The first kappa shape index (κ1) is 23.6. The van der Waals surface area contributed by atoms with Crippen molar-refractivity contribution in [3.8, 4) is 0 Å². The van der Waals surface area contributed by atoms with Crippen LogP contribution in [0.3, 0.4) is 0 Å². The lowest BCUT2D eigenvalue weighted by Crippen LogP contribution is -3.15. The quantitative estimate of drug-likeness (QED) is 0.438. The van der Waals surface area contributed by atoms with Crippen molar-refractivity contribution in [2.75, 3.05) is 42.9 Å². The van der Waals surface area contributed by atoms with Gasteiger partial charge in [0.05, 0.1) is 37.6 Å². The first-order chi connectivity index (χ1) is 15.9. The van der Waals surface area contributed by atoms with E-state index < -0.39 is 0 Å². The van der Waals surface area contributed by atoms with Crippen LogP contribution in [0.4, 0.5) is 15.8 Å². The highest BCUT2D eigenvalue weighted by Gasteiger charge is 2.25. The minimum absolute atomic E-state index is 0.159. The molecule has 0 radical (unpaired) electrons. The van der Waals surface area contributed by atoms with Gasteiger partial charge in [0.15, 0.2) is 12.3 Å². The summed E-state index contributed by atoms with van der Waals surface area (Å²) in [4.78, 5) is 29.1. The van der Waals surface area contributed by atoms with Crippen LogP contribution >= 0.6 is 31.9 Å². The zero-order valence-electron chi connectivity index (χ0n) is 17.8. The summed E-state index contributed by atoms with van der Waals surface area (Å²) in [6.45, 7) is 3.08. The van der Waals surface area contributed by atoms with Gasteiger partial charge < -0.3 is 15.1 Å². The number of benzene rings is 3. The number of ketones is 1. The standard InChI is InChI=1S/C25H22Br2FN3O2/c26-17-9-10-22(19(15-17)25(33)18-5-1-2-6-20(18)27)29-24(32)16-30-11-13-31(14-12-30)23-8-4-3-7-21(23)28/h1-10,15H,11-14,16H2,(H,29,32)/p+1. The molecule has 1 aliphatic rings. The predicted molar refractivity (Wildman–Crippen MR) is 135 cm³/mol. The molecule has 1 saturated heterocycles. The summed E-state index contributed by atoms with van der Waals surface area (Å²) in [7, 11) is 0. The number of nitrogens with zero attached hydrogens (tertiary/aromatic N) is 1. The molecule has 0 spiro atoms. The molecule has 170 valence electrons. The van der Waals surface area contributed by atoms with Crippen LogP contribution in [0.5, 0.6) is 0 Å². The van der Waals surface area contributed by atoms with Crippen molar-refractivity contribution >= 4 is 54.9 Å². The van der Waals surface area contributed by atoms with Gasteiger partial charge in [-0.15, -0.1) is 0 Å². The molecular weight excluding hydrogens is 553 g/mol. The Bertz CT molecular complexity index is 1180. The Kier molecular flexibility index (Phi) is 7.57. The molecular formula is C25H23Br2FN3O2+. The van der Waals surface area contributed by atoms with Crippen molar-refractivity contribution in [2.45, 2.75) is 0 Å². The van der Waals surface area contributed by atoms with Crippen LogP contribution in [0.15, 0.2) is 75.7 Å². The minimum atomic E-state index is -0.226. The van der Waals surface area contributed by atoms with E-state index in [1.165, 1.54) is 6.07 Å². The van der Waals surface area contributed by atoms with Crippen molar-refractivity contribution in [1.29, 1.82) is 0 Å². The van der Waals surface area contributed by atoms with Crippen LogP contribution in [0.1, 0.15) is 15.9 Å². The second kappa shape index (κ2) is 10.6. The maximum atomic E-state index is 14.1. The van der Waals surface area contributed by atoms with E-state index in [-0.39, 0.29) is 24.1 Å². The van der Waals surface area contributed by atoms with Crippen molar-refractivity contribution in [3.05, 3.63) is 92.6 Å². The van der Waals surface area contributed by atoms with Gasteiger partial charge in [0.25, 0.3) is 5.91 Å². The number of carbonyl (C=O) groups excluding carboxylic acids is 2. The monoisotopic (exact) mass is 574 g/mol. The summed E-state index contributed by atoms with van der Waals surface area (Å²) in [5, 5.41) is 2.92. The Morgan fingerprint density at radius 1 is 0.939 bits per heavy atom. The molecule has 8 heteroatoms. The average molecular weight is 576 g/mol. The molecule has 33 heavy (non-hydrogen) atoms. The molecule has 1 heterocycles. The molecule has 1 fully saturated rings. The molecule has 1 amide bonds. The lowest BCUT2D eigenvalue weighted by Gasteiger charge is -2.33. The molecule has 4 rings (SSSR count). The third kappa shape index (κ3) is 5.69. The second-order valence-corrected chi connectivity index (χ2v) is 9.68. The molecule has 0 saturated carbocycles. The summed E-state index contributed by atoms with van der Waals surface area (Å²) in [6.07, 6.45) is 0. The molecule has 5 nitrogen and oxygen atoms in total. The van der Waals surface area contributed by atoms with Crippen LogP contribution in [-0.4, -0.2) is 44.4 Å². The zero-order chi connectivity index (χ0) is 23.4. The number of halogens is 3. The number of hydrogen-bond donors (Lipinski definition) is 2. The number of amides is 1. The number of para-hydroxylation sites is 1. The fraction of sp³-hybridized carbons (Fsp3) is 0.200. The van der Waals surface area contributed by atoms with Crippen molar-refractivity contribution in [1.82, 2.24) is 0 Å². The maximum absolute atomic E-state index is 14.1. The number of carbonyl (C=O) groups is 2. The highest BCUT2D eigenvalue weighted by atomic mass is 79.9. The Labute approximate surface area is 208 Å². The van der Waals surface area contributed by atoms with Gasteiger partial charge in [0.2, 0.25) is 0 Å². The molecule has 0 atom stereocenters. The van der Waals surface area contributed by atoms with Crippen molar-refractivity contribution in [2.24, 2.45) is 0 Å². The van der Waals surface area contributed by atoms with Gasteiger partial charge in [-0.3, -0.25) is 9.59 Å². The number of quaternary nitrogens is 1. The van der Waals surface area contributed by atoms with Crippen LogP contribution in [-0.2, 0) is 4.79 Å². The number of rotatable bonds is 6. The lowest BCUT2D eigenvalue weighted by molar-refractivity contribution is -0.892. The fourth-order valence-electron chi connectivity index (χ4n) is 3.97. The summed E-state index contributed by atoms with van der Waals surface area (Å²) in [5.74, 6) is -0.561. The fourth-order valence-corrected chi connectivity index (χ4v) is 4.80. The van der Waals surface area contributed by atoms with Crippen molar-refractivity contribution in [3.63, 3.8) is 0 Å². The van der Waals surface area contributed by atoms with Gasteiger partial charge >= 0.3 is 0 Å².